The Morgan fingerprint density at radius 3 is 3.04 bits per heavy atom. The van der Waals surface area contributed by atoms with Crippen molar-refractivity contribution in [3.8, 4) is 18.1 Å². The minimum absolute atomic E-state index is 0.685. The molecule has 0 amide bonds. The molecule has 2 heterocycles. The molecule has 128 valence electrons. The van der Waals surface area contributed by atoms with Crippen molar-refractivity contribution in [2.24, 2.45) is 0 Å². The zero-order chi connectivity index (χ0) is 17.6. The van der Waals surface area contributed by atoms with Crippen molar-refractivity contribution < 1.29 is 4.74 Å². The van der Waals surface area contributed by atoms with E-state index in [1.807, 2.05) is 22.8 Å². The van der Waals surface area contributed by atoms with Crippen LogP contribution in [0, 0.1) is 15.9 Å². The van der Waals surface area contributed by atoms with Crippen molar-refractivity contribution in [3.05, 3.63) is 34.4 Å². The number of hydrogen-bond acceptors (Lipinski definition) is 6. The van der Waals surface area contributed by atoms with Crippen LogP contribution in [0.3, 0.4) is 0 Å². The zero-order valence-corrected chi connectivity index (χ0v) is 16.5. The molecular weight excluding hydrogens is 449 g/mol. The Bertz CT molecular complexity index is 921. The number of terminal acetylenes is 1. The van der Waals surface area contributed by atoms with Crippen LogP contribution in [0.4, 0.5) is 5.82 Å². The molecule has 0 atom stereocenters. The van der Waals surface area contributed by atoms with E-state index in [1.165, 1.54) is 11.9 Å². The van der Waals surface area contributed by atoms with Gasteiger partial charge >= 0.3 is 0 Å². The Balaban J connectivity index is 1.79. The minimum Gasteiger partial charge on any atom is -0.497 e. The lowest BCUT2D eigenvalue weighted by Crippen LogP contribution is -1.99. The molecule has 0 aliphatic carbocycles. The van der Waals surface area contributed by atoms with Crippen LogP contribution in [-0.4, -0.2) is 26.6 Å². The third kappa shape index (κ3) is 4.16. The Labute approximate surface area is 164 Å². The highest BCUT2D eigenvalue weighted by Crippen LogP contribution is 2.30. The van der Waals surface area contributed by atoms with Gasteiger partial charge in [-0.3, -0.25) is 0 Å². The summed E-state index contributed by atoms with van der Waals surface area (Å²) in [6.45, 7) is 0.790. The number of aromatic nitrogens is 4. The third-order valence-corrected chi connectivity index (χ3v) is 5.68. The van der Waals surface area contributed by atoms with E-state index in [-0.39, 0.29) is 0 Å². The molecule has 8 heteroatoms. The Kier molecular flexibility index (Phi) is 5.99. The van der Waals surface area contributed by atoms with Crippen molar-refractivity contribution in [2.45, 2.75) is 24.3 Å². The van der Waals surface area contributed by atoms with Crippen molar-refractivity contribution in [1.29, 1.82) is 0 Å². The van der Waals surface area contributed by atoms with Crippen LogP contribution in [0.1, 0.15) is 12.8 Å². The molecule has 2 aromatic heterocycles. The van der Waals surface area contributed by atoms with E-state index in [1.54, 1.807) is 19.8 Å². The Hall–Kier alpha value is -1.99. The van der Waals surface area contributed by atoms with Gasteiger partial charge in [-0.15, -0.1) is 12.3 Å². The van der Waals surface area contributed by atoms with E-state index in [0.717, 1.165) is 44.8 Å². The molecule has 0 saturated carbocycles. The van der Waals surface area contributed by atoms with Gasteiger partial charge in [0.15, 0.2) is 17.0 Å². The van der Waals surface area contributed by atoms with E-state index in [2.05, 4.69) is 48.2 Å². The number of imidazole rings is 1. The summed E-state index contributed by atoms with van der Waals surface area (Å²) in [5.41, 5.74) is 1.55. The Morgan fingerprint density at radius 2 is 2.24 bits per heavy atom. The number of halogens is 1. The van der Waals surface area contributed by atoms with Gasteiger partial charge in [-0.05, 0) is 59.2 Å². The van der Waals surface area contributed by atoms with Crippen LogP contribution in [0.15, 0.2) is 35.7 Å². The molecule has 0 fully saturated rings. The molecule has 0 radical (unpaired) electrons. The van der Waals surface area contributed by atoms with Gasteiger partial charge in [0.1, 0.15) is 12.1 Å². The number of unbranched alkanes of at least 4 members (excludes halogenated alkanes) is 1. The molecule has 0 unspecified atom stereocenters. The second-order valence-electron chi connectivity index (χ2n) is 5.14. The van der Waals surface area contributed by atoms with Gasteiger partial charge in [-0.2, -0.15) is 0 Å². The number of ether oxygens (including phenoxy) is 1. The molecule has 0 saturated heterocycles. The largest absolute Gasteiger partial charge is 0.497 e. The van der Waals surface area contributed by atoms with Gasteiger partial charge < -0.3 is 14.0 Å². The topological polar surface area (TPSA) is 64.9 Å². The van der Waals surface area contributed by atoms with Crippen molar-refractivity contribution in [2.75, 3.05) is 11.8 Å². The predicted molar refractivity (Wildman–Crippen MR) is 109 cm³/mol. The standard InChI is InChI=1S/C17H16IN5OS/c1-3-4-5-8-23-11-21-15-16(19-10-20-17(15)23)22-25-14-9-12(24-2)6-7-13(14)18/h1,6-7,9-11H,4-5,8H2,2H3,(H,19,20,22). The van der Waals surface area contributed by atoms with Crippen LogP contribution in [0.5, 0.6) is 5.75 Å². The fourth-order valence-electron chi connectivity index (χ4n) is 2.26. The SMILES string of the molecule is C#CCCCn1cnc2c(NSc3cc(OC)ccc3I)ncnc21. The summed E-state index contributed by atoms with van der Waals surface area (Å²) in [6.07, 6.45) is 10.3. The predicted octanol–water partition coefficient (Wildman–Crippen LogP) is 3.97. The molecular formula is C17H16IN5OS. The number of anilines is 1. The van der Waals surface area contributed by atoms with E-state index in [0.29, 0.717) is 5.82 Å². The summed E-state index contributed by atoms with van der Waals surface area (Å²) in [5, 5.41) is 0. The van der Waals surface area contributed by atoms with Crippen molar-refractivity contribution >= 4 is 51.5 Å². The average Bonchev–Trinajstić information content (AvgIpc) is 3.05. The number of nitrogens with one attached hydrogen (secondary N) is 1. The van der Waals surface area contributed by atoms with Crippen LogP contribution >= 0.6 is 34.5 Å². The van der Waals surface area contributed by atoms with Gasteiger partial charge in [0.25, 0.3) is 0 Å². The minimum atomic E-state index is 0.685. The summed E-state index contributed by atoms with van der Waals surface area (Å²) in [7, 11) is 1.66. The quantitative estimate of drug-likeness (QED) is 0.247. The number of methoxy groups -OCH3 is 1. The first-order valence-corrected chi connectivity index (χ1v) is 9.48. The summed E-state index contributed by atoms with van der Waals surface area (Å²) < 4.78 is 11.7. The number of hydrogen-bond donors (Lipinski definition) is 1. The summed E-state index contributed by atoms with van der Waals surface area (Å²) in [4.78, 5) is 14.2. The molecule has 0 aliphatic rings. The van der Waals surface area contributed by atoms with Gasteiger partial charge in [0, 0.05) is 21.4 Å². The lowest BCUT2D eigenvalue weighted by molar-refractivity contribution is 0.413. The number of fused-ring (bicyclic) bond motifs is 1. The van der Waals surface area contributed by atoms with Crippen LogP contribution in [-0.2, 0) is 6.54 Å². The number of aryl methyl sites for hydroxylation is 1. The molecule has 0 spiro atoms. The molecule has 25 heavy (non-hydrogen) atoms. The number of nitrogens with zero attached hydrogens (tertiary/aromatic N) is 4. The molecule has 3 aromatic rings. The smallest absolute Gasteiger partial charge is 0.167 e. The summed E-state index contributed by atoms with van der Waals surface area (Å²) in [5.74, 6) is 4.15. The molecule has 0 bridgehead atoms. The highest BCUT2D eigenvalue weighted by molar-refractivity contribution is 14.1. The van der Waals surface area contributed by atoms with E-state index in [9.17, 15) is 0 Å². The van der Waals surface area contributed by atoms with Gasteiger partial charge in [-0.1, -0.05) is 0 Å². The lowest BCUT2D eigenvalue weighted by atomic mass is 10.3. The van der Waals surface area contributed by atoms with Crippen LogP contribution in [0.25, 0.3) is 11.2 Å². The third-order valence-electron chi connectivity index (χ3n) is 3.52. The number of rotatable bonds is 7. The maximum atomic E-state index is 5.31. The van der Waals surface area contributed by atoms with E-state index >= 15 is 0 Å². The molecule has 6 nitrogen and oxygen atoms in total. The average molecular weight is 465 g/mol. The highest BCUT2D eigenvalue weighted by atomic mass is 127. The van der Waals surface area contributed by atoms with E-state index in [4.69, 9.17) is 11.2 Å². The molecule has 1 aromatic carbocycles. The second-order valence-corrected chi connectivity index (χ2v) is 7.15. The van der Waals surface area contributed by atoms with Crippen molar-refractivity contribution in [3.63, 3.8) is 0 Å². The van der Waals surface area contributed by atoms with Gasteiger partial charge in [0.2, 0.25) is 0 Å². The van der Waals surface area contributed by atoms with E-state index < -0.39 is 0 Å². The monoisotopic (exact) mass is 465 g/mol. The molecule has 3 rings (SSSR count). The normalized spacial score (nSPS) is 10.6. The van der Waals surface area contributed by atoms with Gasteiger partial charge in [-0.25, -0.2) is 15.0 Å². The molecule has 1 N–H and O–H groups in total. The van der Waals surface area contributed by atoms with Crippen molar-refractivity contribution in [1.82, 2.24) is 19.5 Å². The lowest BCUT2D eigenvalue weighted by Gasteiger charge is -2.09. The highest BCUT2D eigenvalue weighted by Gasteiger charge is 2.11. The number of benzene rings is 1. The van der Waals surface area contributed by atoms with Crippen LogP contribution in [0.2, 0.25) is 0 Å². The Morgan fingerprint density at radius 1 is 1.36 bits per heavy atom. The first-order valence-electron chi connectivity index (χ1n) is 7.58. The first kappa shape index (κ1) is 17.8. The maximum absolute atomic E-state index is 5.31. The zero-order valence-electron chi connectivity index (χ0n) is 13.6. The summed E-state index contributed by atoms with van der Waals surface area (Å²) >= 11 is 3.76. The fourth-order valence-corrected chi connectivity index (χ4v) is 3.63. The van der Waals surface area contributed by atoms with Crippen LogP contribution < -0.4 is 9.46 Å². The first-order chi connectivity index (χ1) is 12.2. The molecule has 0 aliphatic heterocycles. The fraction of sp³-hybridized carbons (Fsp3) is 0.235. The second kappa shape index (κ2) is 8.40. The van der Waals surface area contributed by atoms with Gasteiger partial charge in [0.05, 0.1) is 13.4 Å². The summed E-state index contributed by atoms with van der Waals surface area (Å²) in [6, 6.07) is 5.93. The maximum Gasteiger partial charge on any atom is 0.167 e.